The Morgan fingerprint density at radius 2 is 1.28 bits per heavy atom. The Balaban J connectivity index is 1.72. The van der Waals surface area contributed by atoms with Gasteiger partial charge in [0.2, 0.25) is 0 Å². The topological polar surface area (TPSA) is 75.8 Å². The van der Waals surface area contributed by atoms with Gasteiger partial charge in [-0.25, -0.2) is 0 Å². The van der Waals surface area contributed by atoms with Crippen LogP contribution in [0.5, 0.6) is 23.0 Å². The lowest BCUT2D eigenvalue weighted by atomic mass is 9.97. The van der Waals surface area contributed by atoms with Gasteiger partial charge in [0.05, 0.1) is 17.6 Å². The summed E-state index contributed by atoms with van der Waals surface area (Å²) in [6, 6.07) is 10.0. The van der Waals surface area contributed by atoms with Crippen molar-refractivity contribution in [2.75, 3.05) is 5.73 Å². The molecule has 0 fully saturated rings. The summed E-state index contributed by atoms with van der Waals surface area (Å²) < 4.78 is 72.6. The minimum atomic E-state index is -3.83. The number of benzene rings is 2. The van der Waals surface area contributed by atoms with E-state index in [9.17, 15) is 17.6 Å². The molecule has 0 amide bonds. The van der Waals surface area contributed by atoms with E-state index in [2.05, 4.69) is 23.9 Å². The van der Waals surface area contributed by atoms with Crippen LogP contribution in [0.4, 0.5) is 23.2 Å². The van der Waals surface area contributed by atoms with Gasteiger partial charge in [0, 0.05) is 16.7 Å². The number of nitrogens with zero attached hydrogens (tertiary/aromatic N) is 1. The number of alkyl halides is 4. The van der Waals surface area contributed by atoms with E-state index in [1.165, 1.54) is 48.7 Å². The van der Waals surface area contributed by atoms with Crippen molar-refractivity contribution in [3.8, 4) is 45.4 Å². The number of nitrogen functional groups attached to an aromatic ring is 1. The Bertz CT molecular complexity index is 1150. The van der Waals surface area contributed by atoms with Crippen molar-refractivity contribution in [2.45, 2.75) is 12.6 Å². The quantitative estimate of drug-likeness (QED) is 0.625. The second-order valence-corrected chi connectivity index (χ2v) is 6.27. The summed E-state index contributed by atoms with van der Waals surface area (Å²) in [6.45, 7) is 0. The lowest BCUT2D eigenvalue weighted by Gasteiger charge is -2.14. The number of anilines is 1. The summed E-state index contributed by atoms with van der Waals surface area (Å²) in [7, 11) is 0. The van der Waals surface area contributed by atoms with Gasteiger partial charge < -0.3 is 24.7 Å². The van der Waals surface area contributed by atoms with E-state index in [1.54, 1.807) is 0 Å². The van der Waals surface area contributed by atoms with Crippen molar-refractivity contribution in [3.05, 3.63) is 48.7 Å². The molecule has 0 saturated carbocycles. The van der Waals surface area contributed by atoms with E-state index in [0.717, 1.165) is 0 Å². The molecule has 2 aliphatic rings. The van der Waals surface area contributed by atoms with E-state index < -0.39 is 12.6 Å². The Morgan fingerprint density at radius 1 is 0.724 bits per heavy atom. The van der Waals surface area contributed by atoms with Gasteiger partial charge in [-0.05, 0) is 24.3 Å². The first-order valence-electron chi connectivity index (χ1n) is 8.26. The van der Waals surface area contributed by atoms with Crippen LogP contribution < -0.4 is 24.7 Å². The van der Waals surface area contributed by atoms with E-state index in [4.69, 9.17) is 5.73 Å². The van der Waals surface area contributed by atoms with Crippen molar-refractivity contribution in [1.82, 2.24) is 4.98 Å². The molecular formula is C19H10F4N2O4. The molecule has 0 atom stereocenters. The van der Waals surface area contributed by atoms with Gasteiger partial charge in [0.1, 0.15) is 0 Å². The molecule has 148 valence electrons. The zero-order valence-electron chi connectivity index (χ0n) is 14.3. The monoisotopic (exact) mass is 406 g/mol. The third kappa shape index (κ3) is 2.84. The molecule has 2 N–H and O–H groups in total. The number of halogens is 4. The smallest absolute Gasteiger partial charge is 0.397 e. The molecule has 0 unspecified atom stereocenters. The predicted octanol–water partition coefficient (Wildman–Crippen LogP) is 4.64. The molecule has 0 saturated heterocycles. The number of pyridine rings is 1. The van der Waals surface area contributed by atoms with Gasteiger partial charge >= 0.3 is 12.6 Å². The molecule has 2 aliphatic heterocycles. The largest absolute Gasteiger partial charge is 0.586 e. The minimum absolute atomic E-state index is 0.157. The number of rotatable bonds is 2. The van der Waals surface area contributed by atoms with Crippen LogP contribution in [0.2, 0.25) is 0 Å². The second-order valence-electron chi connectivity index (χ2n) is 6.27. The van der Waals surface area contributed by atoms with Crippen molar-refractivity contribution in [2.24, 2.45) is 0 Å². The lowest BCUT2D eigenvalue weighted by Crippen LogP contribution is -2.26. The molecule has 3 heterocycles. The highest BCUT2D eigenvalue weighted by molar-refractivity contribution is 5.89. The maximum atomic E-state index is 13.6. The van der Waals surface area contributed by atoms with Crippen molar-refractivity contribution < 1.29 is 36.5 Å². The third-order valence-corrected chi connectivity index (χ3v) is 4.31. The summed E-state index contributed by atoms with van der Waals surface area (Å²) in [5, 5.41) is 0. The Kier molecular flexibility index (Phi) is 3.40. The average molecular weight is 406 g/mol. The van der Waals surface area contributed by atoms with Crippen LogP contribution in [0.3, 0.4) is 0 Å². The highest BCUT2D eigenvalue weighted by atomic mass is 19.3. The Morgan fingerprint density at radius 3 is 1.90 bits per heavy atom. The Labute approximate surface area is 160 Å². The van der Waals surface area contributed by atoms with Gasteiger partial charge in [0.15, 0.2) is 23.0 Å². The standard InChI is InChI=1S/C19H10F4N2O4/c20-18(21)26-13-5-1-3-10(16(13)28-18)12-7-9(24)8-25-15(12)11-4-2-6-14-17(11)29-19(22,23)27-14/h1-8H,24H2. The molecule has 29 heavy (non-hydrogen) atoms. The molecule has 10 heteroatoms. The fraction of sp³-hybridized carbons (Fsp3) is 0.105. The summed E-state index contributed by atoms with van der Waals surface area (Å²) in [5.74, 6) is -0.806. The average Bonchev–Trinajstić information content (AvgIpc) is 3.13. The van der Waals surface area contributed by atoms with E-state index in [-0.39, 0.29) is 51.1 Å². The molecule has 0 spiro atoms. The fourth-order valence-corrected chi connectivity index (χ4v) is 3.24. The van der Waals surface area contributed by atoms with Crippen molar-refractivity contribution in [3.63, 3.8) is 0 Å². The normalized spacial score (nSPS) is 17.4. The lowest BCUT2D eigenvalue weighted by molar-refractivity contribution is -0.287. The molecule has 0 aliphatic carbocycles. The summed E-state index contributed by atoms with van der Waals surface area (Å²) in [4.78, 5) is 4.22. The van der Waals surface area contributed by atoms with Crippen LogP contribution in [0, 0.1) is 0 Å². The number of hydrogen-bond donors (Lipinski definition) is 1. The second kappa shape index (κ2) is 5.66. The number of ether oxygens (including phenoxy) is 4. The van der Waals surface area contributed by atoms with Crippen molar-refractivity contribution in [1.29, 1.82) is 0 Å². The van der Waals surface area contributed by atoms with Gasteiger partial charge in [-0.2, -0.15) is 0 Å². The zero-order valence-corrected chi connectivity index (χ0v) is 14.3. The fourth-order valence-electron chi connectivity index (χ4n) is 3.24. The van der Waals surface area contributed by atoms with Gasteiger partial charge in [-0.3, -0.25) is 4.98 Å². The van der Waals surface area contributed by atoms with Crippen LogP contribution >= 0.6 is 0 Å². The van der Waals surface area contributed by atoms with Gasteiger partial charge in [-0.1, -0.05) is 18.2 Å². The third-order valence-electron chi connectivity index (χ3n) is 4.31. The molecule has 5 rings (SSSR count). The van der Waals surface area contributed by atoms with Crippen LogP contribution in [0.15, 0.2) is 48.7 Å². The van der Waals surface area contributed by atoms with Crippen LogP contribution in [0.1, 0.15) is 0 Å². The maximum absolute atomic E-state index is 13.6. The number of aromatic nitrogens is 1. The van der Waals surface area contributed by atoms with Crippen LogP contribution in [0.25, 0.3) is 22.4 Å². The first-order valence-corrected chi connectivity index (χ1v) is 8.26. The number of para-hydroxylation sites is 2. The maximum Gasteiger partial charge on any atom is 0.586 e. The molecule has 2 aromatic carbocycles. The molecule has 6 nitrogen and oxygen atoms in total. The van der Waals surface area contributed by atoms with Crippen LogP contribution in [-0.4, -0.2) is 17.6 Å². The summed E-state index contributed by atoms with van der Waals surface area (Å²) in [5.41, 5.74) is 6.84. The number of fused-ring (bicyclic) bond motifs is 2. The number of nitrogens with two attached hydrogens (primary N) is 1. The zero-order chi connectivity index (χ0) is 20.4. The van der Waals surface area contributed by atoms with Crippen molar-refractivity contribution >= 4 is 5.69 Å². The summed E-state index contributed by atoms with van der Waals surface area (Å²) in [6.07, 6.45) is -6.36. The van der Waals surface area contributed by atoms with Gasteiger partial charge in [-0.15, -0.1) is 17.6 Å². The number of hydrogen-bond acceptors (Lipinski definition) is 6. The van der Waals surface area contributed by atoms with Gasteiger partial charge in [0.25, 0.3) is 0 Å². The molecule has 3 aromatic rings. The Hall–Kier alpha value is -3.69. The minimum Gasteiger partial charge on any atom is -0.397 e. The molecular weight excluding hydrogens is 396 g/mol. The highest BCUT2D eigenvalue weighted by Gasteiger charge is 2.46. The molecule has 0 radical (unpaired) electrons. The van der Waals surface area contributed by atoms with E-state index in [0.29, 0.717) is 0 Å². The first kappa shape index (κ1) is 17.4. The molecule has 1 aromatic heterocycles. The molecule has 0 bridgehead atoms. The summed E-state index contributed by atoms with van der Waals surface area (Å²) >= 11 is 0. The first-order chi connectivity index (χ1) is 13.7. The van der Waals surface area contributed by atoms with E-state index in [1.807, 2.05) is 0 Å². The SMILES string of the molecule is Nc1cnc(-c2cccc3c2OC(F)(F)O3)c(-c2cccc3c2OC(F)(F)O3)c1. The van der Waals surface area contributed by atoms with E-state index >= 15 is 0 Å². The van der Waals surface area contributed by atoms with Crippen LogP contribution in [-0.2, 0) is 0 Å². The predicted molar refractivity (Wildman–Crippen MR) is 91.9 cm³/mol. The highest BCUT2D eigenvalue weighted by Crippen LogP contribution is 2.52.